The van der Waals surface area contributed by atoms with E-state index in [4.69, 9.17) is 10.8 Å². The van der Waals surface area contributed by atoms with Crippen LogP contribution in [0.5, 0.6) is 0 Å². The van der Waals surface area contributed by atoms with Crippen molar-refractivity contribution in [1.29, 1.82) is 0 Å². The number of aliphatic hydroxyl groups excluding tert-OH is 1. The van der Waals surface area contributed by atoms with E-state index in [1.807, 2.05) is 22.9 Å². The number of nitrogens with zero attached hydrogens (tertiary/aromatic N) is 2. The molecule has 2 aromatic heterocycles. The average Bonchev–Trinajstić information content (AvgIpc) is 2.70. The third kappa shape index (κ3) is 1.54. The van der Waals surface area contributed by atoms with Crippen LogP contribution in [0.2, 0.25) is 0 Å². The predicted octanol–water partition coefficient (Wildman–Crippen LogP) is 0.566. The van der Waals surface area contributed by atoms with Crippen LogP contribution in [0.1, 0.15) is 11.4 Å². The second-order valence-corrected chi connectivity index (χ2v) is 4.22. The van der Waals surface area contributed by atoms with Gasteiger partial charge in [0.05, 0.1) is 12.3 Å². The summed E-state index contributed by atoms with van der Waals surface area (Å²) in [4.78, 5) is 5.39. The molecule has 0 aliphatic rings. The normalized spacial score (nSPS) is 13.6. The van der Waals surface area contributed by atoms with Crippen molar-refractivity contribution in [3.8, 4) is 0 Å². The first-order valence-corrected chi connectivity index (χ1v) is 5.38. The van der Waals surface area contributed by atoms with E-state index >= 15 is 0 Å². The molecule has 76 valence electrons. The van der Waals surface area contributed by atoms with Crippen LogP contribution in [0.4, 0.5) is 0 Å². The van der Waals surface area contributed by atoms with Gasteiger partial charge in [-0.15, -0.1) is 11.3 Å². The maximum absolute atomic E-state index is 8.90. The van der Waals surface area contributed by atoms with Crippen molar-refractivity contribution in [3.05, 3.63) is 23.0 Å². The van der Waals surface area contributed by atoms with E-state index in [0.717, 1.165) is 16.3 Å². The summed E-state index contributed by atoms with van der Waals surface area (Å²) in [5.74, 6) is 0. The summed E-state index contributed by atoms with van der Waals surface area (Å²) in [5.41, 5.74) is 7.81. The topological polar surface area (TPSA) is 63.5 Å². The van der Waals surface area contributed by atoms with Crippen molar-refractivity contribution in [3.63, 3.8) is 0 Å². The summed E-state index contributed by atoms with van der Waals surface area (Å²) in [5, 5.41) is 10.9. The molecule has 2 aromatic rings. The highest BCUT2D eigenvalue weighted by Gasteiger charge is 2.12. The van der Waals surface area contributed by atoms with Crippen LogP contribution in [0.15, 0.2) is 11.6 Å². The van der Waals surface area contributed by atoms with Crippen molar-refractivity contribution in [2.24, 2.45) is 5.73 Å². The Hall–Kier alpha value is -0.910. The standard InChI is InChI=1S/C9H13N3OS/c1-6-8(4-7(10)5-13)12-2-3-14-9(12)11-6/h2-3,7,13H,4-5,10H2,1H3. The van der Waals surface area contributed by atoms with Gasteiger partial charge in [-0.05, 0) is 6.92 Å². The smallest absolute Gasteiger partial charge is 0.194 e. The maximum atomic E-state index is 8.90. The minimum absolute atomic E-state index is 0.0107. The van der Waals surface area contributed by atoms with Crippen LogP contribution in [0.3, 0.4) is 0 Å². The van der Waals surface area contributed by atoms with Gasteiger partial charge in [-0.3, -0.25) is 4.40 Å². The van der Waals surface area contributed by atoms with Gasteiger partial charge in [0.2, 0.25) is 0 Å². The molecule has 0 amide bonds. The number of nitrogens with two attached hydrogens (primary N) is 1. The van der Waals surface area contributed by atoms with Gasteiger partial charge in [-0.25, -0.2) is 4.98 Å². The molecular formula is C9H13N3OS. The van der Waals surface area contributed by atoms with Crippen molar-refractivity contribution in [2.45, 2.75) is 19.4 Å². The van der Waals surface area contributed by atoms with Gasteiger partial charge in [0.15, 0.2) is 4.96 Å². The summed E-state index contributed by atoms with van der Waals surface area (Å²) in [6, 6.07) is -0.200. The van der Waals surface area contributed by atoms with E-state index in [2.05, 4.69) is 4.98 Å². The van der Waals surface area contributed by atoms with Gasteiger partial charge >= 0.3 is 0 Å². The molecule has 2 heterocycles. The molecule has 1 atom stereocenters. The molecule has 0 bridgehead atoms. The van der Waals surface area contributed by atoms with E-state index in [1.165, 1.54) is 0 Å². The highest BCUT2D eigenvalue weighted by Crippen LogP contribution is 2.17. The summed E-state index contributed by atoms with van der Waals surface area (Å²) in [6.45, 7) is 1.98. The van der Waals surface area contributed by atoms with Gasteiger partial charge in [0.1, 0.15) is 0 Å². The third-order valence-corrected chi connectivity index (χ3v) is 3.01. The molecule has 0 aliphatic carbocycles. The predicted molar refractivity (Wildman–Crippen MR) is 56.6 cm³/mol. The van der Waals surface area contributed by atoms with Crippen LogP contribution in [-0.4, -0.2) is 27.1 Å². The SMILES string of the molecule is Cc1nc2sccn2c1CC(N)CO. The molecule has 0 aliphatic heterocycles. The van der Waals surface area contributed by atoms with Crippen molar-refractivity contribution < 1.29 is 5.11 Å². The lowest BCUT2D eigenvalue weighted by Gasteiger charge is -2.07. The van der Waals surface area contributed by atoms with E-state index in [9.17, 15) is 0 Å². The Morgan fingerprint density at radius 2 is 2.50 bits per heavy atom. The fourth-order valence-electron chi connectivity index (χ4n) is 1.50. The van der Waals surface area contributed by atoms with Crippen LogP contribution in [-0.2, 0) is 6.42 Å². The first-order valence-electron chi connectivity index (χ1n) is 4.50. The second-order valence-electron chi connectivity index (χ2n) is 3.35. The van der Waals surface area contributed by atoms with Crippen molar-refractivity contribution in [1.82, 2.24) is 9.38 Å². The molecule has 1 unspecified atom stereocenters. The molecule has 0 fully saturated rings. The molecule has 3 N–H and O–H groups in total. The summed E-state index contributed by atoms with van der Waals surface area (Å²) in [6.07, 6.45) is 2.65. The summed E-state index contributed by atoms with van der Waals surface area (Å²) < 4.78 is 2.04. The highest BCUT2D eigenvalue weighted by molar-refractivity contribution is 7.15. The number of imidazole rings is 1. The Labute approximate surface area is 86.0 Å². The molecule has 4 nitrogen and oxygen atoms in total. The number of fused-ring (bicyclic) bond motifs is 1. The Kier molecular flexibility index (Phi) is 2.54. The Morgan fingerprint density at radius 1 is 1.71 bits per heavy atom. The summed E-state index contributed by atoms with van der Waals surface area (Å²) >= 11 is 1.61. The van der Waals surface area contributed by atoms with Crippen LogP contribution < -0.4 is 5.73 Å². The van der Waals surface area contributed by atoms with Crippen LogP contribution in [0, 0.1) is 6.92 Å². The molecule has 0 spiro atoms. The number of thiazole rings is 1. The zero-order valence-corrected chi connectivity index (χ0v) is 8.79. The molecule has 14 heavy (non-hydrogen) atoms. The second kappa shape index (κ2) is 3.68. The number of aryl methyl sites for hydroxylation is 1. The van der Waals surface area contributed by atoms with Gasteiger partial charge in [-0.2, -0.15) is 0 Å². The van der Waals surface area contributed by atoms with Gasteiger partial charge < -0.3 is 10.8 Å². The summed E-state index contributed by atoms with van der Waals surface area (Å²) in [7, 11) is 0. The number of hydrogen-bond donors (Lipinski definition) is 2. The minimum atomic E-state index is -0.200. The van der Waals surface area contributed by atoms with Crippen molar-refractivity contribution >= 4 is 16.3 Å². The fraction of sp³-hybridized carbons (Fsp3) is 0.444. The highest BCUT2D eigenvalue weighted by atomic mass is 32.1. The third-order valence-electron chi connectivity index (χ3n) is 2.25. The lowest BCUT2D eigenvalue weighted by molar-refractivity contribution is 0.264. The molecule has 0 radical (unpaired) electrons. The molecular weight excluding hydrogens is 198 g/mol. The number of rotatable bonds is 3. The quantitative estimate of drug-likeness (QED) is 0.780. The van der Waals surface area contributed by atoms with Gasteiger partial charge in [0, 0.05) is 29.7 Å². The zero-order valence-electron chi connectivity index (χ0n) is 7.97. The molecule has 0 aromatic carbocycles. The van der Waals surface area contributed by atoms with Crippen LogP contribution in [0.25, 0.3) is 4.96 Å². The molecule has 5 heteroatoms. The minimum Gasteiger partial charge on any atom is -0.395 e. The number of hydrogen-bond acceptors (Lipinski definition) is 4. The van der Waals surface area contributed by atoms with Gasteiger partial charge in [0.25, 0.3) is 0 Å². The Bertz CT molecular complexity index is 434. The van der Waals surface area contributed by atoms with E-state index in [1.54, 1.807) is 11.3 Å². The first kappa shape index (κ1) is 9.64. The zero-order chi connectivity index (χ0) is 10.1. The largest absolute Gasteiger partial charge is 0.395 e. The Morgan fingerprint density at radius 3 is 3.21 bits per heavy atom. The monoisotopic (exact) mass is 211 g/mol. The van der Waals surface area contributed by atoms with Gasteiger partial charge in [-0.1, -0.05) is 0 Å². The lowest BCUT2D eigenvalue weighted by Crippen LogP contribution is -2.27. The maximum Gasteiger partial charge on any atom is 0.194 e. The van der Waals surface area contributed by atoms with Crippen LogP contribution >= 0.6 is 11.3 Å². The van der Waals surface area contributed by atoms with Crippen molar-refractivity contribution in [2.75, 3.05) is 6.61 Å². The number of aliphatic hydroxyl groups is 1. The lowest BCUT2D eigenvalue weighted by atomic mass is 10.1. The average molecular weight is 211 g/mol. The van der Waals surface area contributed by atoms with E-state index in [0.29, 0.717) is 6.42 Å². The van der Waals surface area contributed by atoms with E-state index < -0.39 is 0 Å². The first-order chi connectivity index (χ1) is 6.72. The van der Waals surface area contributed by atoms with E-state index in [-0.39, 0.29) is 12.6 Å². The number of aromatic nitrogens is 2. The molecule has 0 saturated heterocycles. The molecule has 0 saturated carbocycles. The molecule has 2 rings (SSSR count). The fourth-order valence-corrected chi connectivity index (χ4v) is 2.28. The Balaban J connectivity index is 2.38.